The highest BCUT2D eigenvalue weighted by molar-refractivity contribution is 5.94. The van der Waals surface area contributed by atoms with Crippen LogP contribution < -0.4 is 9.64 Å². The van der Waals surface area contributed by atoms with Crippen LogP contribution in [-0.4, -0.2) is 68.0 Å². The van der Waals surface area contributed by atoms with E-state index in [0.717, 1.165) is 17.0 Å². The van der Waals surface area contributed by atoms with Crippen LogP contribution in [0, 0.1) is 0 Å². The van der Waals surface area contributed by atoms with Gasteiger partial charge in [0.05, 0.1) is 0 Å². The lowest BCUT2D eigenvalue weighted by atomic mass is 10.0. The van der Waals surface area contributed by atoms with Crippen LogP contribution in [0.1, 0.15) is 42.6 Å². The van der Waals surface area contributed by atoms with Gasteiger partial charge in [0.25, 0.3) is 11.8 Å². The molecule has 0 radical (unpaired) electrons. The summed E-state index contributed by atoms with van der Waals surface area (Å²) in [5, 5.41) is 0. The molecule has 0 bridgehead atoms. The summed E-state index contributed by atoms with van der Waals surface area (Å²) in [4.78, 5) is 31.4. The van der Waals surface area contributed by atoms with Crippen molar-refractivity contribution in [3.63, 3.8) is 0 Å². The van der Waals surface area contributed by atoms with E-state index in [9.17, 15) is 9.59 Å². The van der Waals surface area contributed by atoms with Crippen LogP contribution in [0.3, 0.4) is 0 Å². The second-order valence-corrected chi connectivity index (χ2v) is 8.51. The minimum absolute atomic E-state index is 0.00700. The van der Waals surface area contributed by atoms with Gasteiger partial charge in [-0.05, 0) is 48.7 Å². The van der Waals surface area contributed by atoms with E-state index in [-0.39, 0.29) is 11.8 Å². The molecule has 166 valence electrons. The first-order valence-corrected chi connectivity index (χ1v) is 10.9. The molecule has 0 aromatic heterocycles. The first-order chi connectivity index (χ1) is 14.8. The molecule has 1 fully saturated rings. The third-order valence-electron chi connectivity index (χ3n) is 5.70. The summed E-state index contributed by atoms with van der Waals surface area (Å²) >= 11 is 0. The molecule has 0 N–H and O–H groups in total. The lowest BCUT2D eigenvalue weighted by molar-refractivity contribution is -0.139. The van der Waals surface area contributed by atoms with Crippen molar-refractivity contribution < 1.29 is 14.3 Å². The van der Waals surface area contributed by atoms with Gasteiger partial charge in [-0.3, -0.25) is 9.59 Å². The molecule has 6 nitrogen and oxygen atoms in total. The van der Waals surface area contributed by atoms with Gasteiger partial charge in [-0.2, -0.15) is 0 Å². The molecule has 1 aliphatic heterocycles. The van der Waals surface area contributed by atoms with Crippen LogP contribution in [0.2, 0.25) is 0 Å². The average molecular weight is 424 g/mol. The van der Waals surface area contributed by atoms with Crippen molar-refractivity contribution >= 4 is 17.5 Å². The minimum Gasteiger partial charge on any atom is -0.481 e. The Labute approximate surface area is 185 Å². The number of anilines is 1. The van der Waals surface area contributed by atoms with Crippen molar-refractivity contribution in [3.8, 4) is 5.75 Å². The molecule has 1 aliphatic rings. The maximum Gasteiger partial charge on any atom is 0.263 e. The third-order valence-corrected chi connectivity index (χ3v) is 5.70. The van der Waals surface area contributed by atoms with Gasteiger partial charge in [0.2, 0.25) is 0 Å². The number of rotatable bonds is 6. The van der Waals surface area contributed by atoms with Gasteiger partial charge < -0.3 is 19.4 Å². The van der Waals surface area contributed by atoms with Crippen molar-refractivity contribution in [1.29, 1.82) is 0 Å². The van der Waals surface area contributed by atoms with Crippen LogP contribution in [0.4, 0.5) is 5.69 Å². The Bertz CT molecular complexity index is 900. The molecule has 31 heavy (non-hydrogen) atoms. The fourth-order valence-electron chi connectivity index (χ4n) is 3.78. The van der Waals surface area contributed by atoms with Crippen molar-refractivity contribution in [2.45, 2.75) is 32.8 Å². The number of piperazine rings is 1. The van der Waals surface area contributed by atoms with E-state index in [1.807, 2.05) is 72.4 Å². The summed E-state index contributed by atoms with van der Waals surface area (Å²) < 4.78 is 6.02. The number of nitrogens with zero attached hydrogens (tertiary/aromatic N) is 3. The number of carbonyl (C=O) groups excluding carboxylic acids is 2. The van der Waals surface area contributed by atoms with Crippen molar-refractivity contribution in [2.24, 2.45) is 0 Å². The van der Waals surface area contributed by atoms with Crippen LogP contribution in [0.25, 0.3) is 0 Å². The average Bonchev–Trinajstić information content (AvgIpc) is 2.78. The fourth-order valence-corrected chi connectivity index (χ4v) is 3.78. The second kappa shape index (κ2) is 9.86. The molecular weight excluding hydrogens is 390 g/mol. The van der Waals surface area contributed by atoms with Gasteiger partial charge in [0.15, 0.2) is 6.10 Å². The molecule has 1 saturated heterocycles. The van der Waals surface area contributed by atoms with Crippen molar-refractivity contribution in [1.82, 2.24) is 9.80 Å². The Hall–Kier alpha value is -3.02. The molecule has 6 heteroatoms. The van der Waals surface area contributed by atoms with E-state index in [1.54, 1.807) is 11.8 Å². The zero-order chi connectivity index (χ0) is 22.5. The zero-order valence-corrected chi connectivity index (χ0v) is 19.2. The second-order valence-electron chi connectivity index (χ2n) is 8.51. The number of hydrogen-bond acceptors (Lipinski definition) is 4. The summed E-state index contributed by atoms with van der Waals surface area (Å²) in [6.45, 7) is 8.09. The van der Waals surface area contributed by atoms with E-state index in [2.05, 4.69) is 13.8 Å². The maximum atomic E-state index is 12.9. The number of ether oxygens (including phenoxy) is 1. The van der Waals surface area contributed by atoms with E-state index < -0.39 is 6.10 Å². The van der Waals surface area contributed by atoms with Crippen molar-refractivity contribution in [3.05, 3.63) is 59.7 Å². The summed E-state index contributed by atoms with van der Waals surface area (Å²) in [6, 6.07) is 15.5. The first kappa shape index (κ1) is 22.7. The van der Waals surface area contributed by atoms with Crippen LogP contribution in [0.15, 0.2) is 48.5 Å². The molecule has 0 spiro atoms. The topological polar surface area (TPSA) is 53.1 Å². The fraction of sp³-hybridized carbons (Fsp3) is 0.440. The Morgan fingerprint density at radius 2 is 1.45 bits per heavy atom. The normalized spacial score (nSPS) is 15.0. The van der Waals surface area contributed by atoms with Gasteiger partial charge in [-0.25, -0.2) is 0 Å². The van der Waals surface area contributed by atoms with Crippen molar-refractivity contribution in [2.75, 3.05) is 45.2 Å². The van der Waals surface area contributed by atoms with E-state index >= 15 is 0 Å². The largest absolute Gasteiger partial charge is 0.481 e. The zero-order valence-electron chi connectivity index (χ0n) is 19.2. The smallest absolute Gasteiger partial charge is 0.263 e. The highest BCUT2D eigenvalue weighted by atomic mass is 16.5. The van der Waals surface area contributed by atoms with Gasteiger partial charge in [-0.15, -0.1) is 0 Å². The quantitative estimate of drug-likeness (QED) is 0.712. The Morgan fingerprint density at radius 1 is 0.871 bits per heavy atom. The van der Waals surface area contributed by atoms with Crippen LogP contribution >= 0.6 is 0 Å². The lowest BCUT2D eigenvalue weighted by Crippen LogP contribution is -2.53. The molecule has 1 atom stereocenters. The number of benzene rings is 2. The Kier molecular flexibility index (Phi) is 7.21. The van der Waals surface area contributed by atoms with Gasteiger partial charge in [-0.1, -0.05) is 32.0 Å². The summed E-state index contributed by atoms with van der Waals surface area (Å²) in [5.74, 6) is 1.04. The third kappa shape index (κ3) is 5.37. The Morgan fingerprint density at radius 3 is 2.03 bits per heavy atom. The predicted molar refractivity (Wildman–Crippen MR) is 124 cm³/mol. The van der Waals surface area contributed by atoms with Crippen LogP contribution in [0.5, 0.6) is 5.75 Å². The summed E-state index contributed by atoms with van der Waals surface area (Å²) in [5.41, 5.74) is 2.82. The molecule has 2 aromatic carbocycles. The van der Waals surface area contributed by atoms with Gasteiger partial charge >= 0.3 is 0 Å². The molecule has 0 saturated carbocycles. The molecule has 2 aromatic rings. The number of carbonyl (C=O) groups is 2. The van der Waals surface area contributed by atoms with Crippen LogP contribution in [-0.2, 0) is 4.79 Å². The molecule has 2 amide bonds. The molecule has 1 unspecified atom stereocenters. The SMILES string of the molecule is CC(Oc1ccccc1C(C)C)C(=O)N1CCN(C(=O)c2ccc(N(C)C)cc2)CC1. The number of hydrogen-bond donors (Lipinski definition) is 0. The van der Waals surface area contributed by atoms with Gasteiger partial charge in [0.1, 0.15) is 5.75 Å². The molecule has 1 heterocycles. The lowest BCUT2D eigenvalue weighted by Gasteiger charge is -2.36. The predicted octanol–water partition coefficient (Wildman–Crippen LogP) is 3.63. The standard InChI is InChI=1S/C25H33N3O3/c1-18(2)22-8-6-7-9-23(22)31-19(3)24(29)27-14-16-28(17-15-27)25(30)20-10-12-21(13-11-20)26(4)5/h6-13,18-19H,14-17H2,1-5H3. The highest BCUT2D eigenvalue weighted by Crippen LogP contribution is 2.27. The minimum atomic E-state index is -0.569. The molecular formula is C25H33N3O3. The monoisotopic (exact) mass is 423 g/mol. The summed E-state index contributed by atoms with van der Waals surface area (Å²) in [6.07, 6.45) is -0.569. The van der Waals surface area contributed by atoms with E-state index in [4.69, 9.17) is 4.74 Å². The maximum absolute atomic E-state index is 12.9. The first-order valence-electron chi connectivity index (χ1n) is 10.9. The molecule has 0 aliphatic carbocycles. The van der Waals surface area contributed by atoms with E-state index in [0.29, 0.717) is 37.7 Å². The molecule has 3 rings (SSSR count). The highest BCUT2D eigenvalue weighted by Gasteiger charge is 2.28. The Balaban J connectivity index is 1.56. The van der Waals surface area contributed by atoms with E-state index in [1.165, 1.54) is 0 Å². The summed E-state index contributed by atoms with van der Waals surface area (Å²) in [7, 11) is 3.94. The van der Waals surface area contributed by atoms with Gasteiger partial charge in [0, 0.05) is 51.5 Å². The number of amides is 2. The number of para-hydroxylation sites is 1.